The summed E-state index contributed by atoms with van der Waals surface area (Å²) in [5.74, 6) is 0.412. The van der Waals surface area contributed by atoms with Crippen molar-refractivity contribution in [2.75, 3.05) is 31.1 Å². The molecule has 3 rings (SSSR count). The Morgan fingerprint density at radius 2 is 2.04 bits per heavy atom. The molecule has 1 aliphatic rings. The molecule has 0 bridgehead atoms. The van der Waals surface area contributed by atoms with Gasteiger partial charge in [-0.15, -0.1) is 0 Å². The Hall–Kier alpha value is -2.61. The summed E-state index contributed by atoms with van der Waals surface area (Å²) in [6, 6.07) is 6.88. The normalized spacial score (nSPS) is 15.0. The Morgan fingerprint density at radius 1 is 1.27 bits per heavy atom. The lowest BCUT2D eigenvalue weighted by atomic mass is 10.2. The summed E-state index contributed by atoms with van der Waals surface area (Å²) in [6.07, 6.45) is 0.716. The lowest BCUT2D eigenvalue weighted by Crippen LogP contribution is -2.35. The highest BCUT2D eigenvalue weighted by Gasteiger charge is 2.30. The molecule has 0 unspecified atom stereocenters. The summed E-state index contributed by atoms with van der Waals surface area (Å²) >= 11 is 5.98. The highest BCUT2D eigenvalue weighted by atomic mass is 35.5. The molecule has 0 radical (unpaired) electrons. The van der Waals surface area contributed by atoms with Crippen molar-refractivity contribution in [2.24, 2.45) is 7.05 Å². The molecule has 1 fully saturated rings. The van der Waals surface area contributed by atoms with Crippen molar-refractivity contribution in [1.82, 2.24) is 14.7 Å². The van der Waals surface area contributed by atoms with E-state index in [-0.39, 0.29) is 11.6 Å². The first kappa shape index (κ1) is 18.2. The standard InChI is InChI=1S/C17H20ClN5O3/c1-12-15(23(25)26)16(20(2)19-12)21-7-4-8-22(10-9-21)17(24)13-5-3-6-14(18)11-13/h3,5-6,11H,4,7-10H2,1-2H3. The second-order valence-electron chi connectivity index (χ2n) is 6.28. The van der Waals surface area contributed by atoms with Gasteiger partial charge in [0.15, 0.2) is 0 Å². The summed E-state index contributed by atoms with van der Waals surface area (Å²) in [6.45, 7) is 3.83. The molecule has 1 aromatic heterocycles. The molecule has 2 aromatic rings. The van der Waals surface area contributed by atoms with Gasteiger partial charge < -0.3 is 9.80 Å². The maximum absolute atomic E-state index is 12.7. The van der Waals surface area contributed by atoms with Gasteiger partial charge in [-0.2, -0.15) is 5.10 Å². The van der Waals surface area contributed by atoms with Gasteiger partial charge in [0.2, 0.25) is 5.82 Å². The zero-order valence-electron chi connectivity index (χ0n) is 14.7. The predicted molar refractivity (Wildman–Crippen MR) is 98.8 cm³/mol. The molecule has 0 N–H and O–H groups in total. The predicted octanol–water partition coefficient (Wildman–Crippen LogP) is 2.64. The van der Waals surface area contributed by atoms with E-state index in [9.17, 15) is 14.9 Å². The van der Waals surface area contributed by atoms with E-state index >= 15 is 0 Å². The van der Waals surface area contributed by atoms with Gasteiger partial charge in [0.25, 0.3) is 5.91 Å². The Labute approximate surface area is 156 Å². The molecule has 8 nitrogen and oxygen atoms in total. The van der Waals surface area contributed by atoms with Crippen LogP contribution in [0.2, 0.25) is 5.02 Å². The number of carbonyl (C=O) groups excluding carboxylic acids is 1. The van der Waals surface area contributed by atoms with E-state index in [0.29, 0.717) is 54.7 Å². The van der Waals surface area contributed by atoms with E-state index in [1.54, 1.807) is 47.8 Å². The summed E-state index contributed by atoms with van der Waals surface area (Å²) in [5, 5.41) is 16.1. The highest BCUT2D eigenvalue weighted by molar-refractivity contribution is 6.30. The molecule has 1 aromatic carbocycles. The van der Waals surface area contributed by atoms with Gasteiger partial charge in [-0.3, -0.25) is 14.9 Å². The number of aryl methyl sites for hydroxylation is 2. The maximum Gasteiger partial charge on any atom is 0.333 e. The van der Waals surface area contributed by atoms with E-state index in [4.69, 9.17) is 11.6 Å². The van der Waals surface area contributed by atoms with E-state index in [1.807, 2.05) is 4.90 Å². The van der Waals surface area contributed by atoms with Gasteiger partial charge in [-0.1, -0.05) is 17.7 Å². The lowest BCUT2D eigenvalue weighted by molar-refractivity contribution is -0.384. The van der Waals surface area contributed by atoms with Crippen LogP contribution in [0.15, 0.2) is 24.3 Å². The fourth-order valence-corrected chi connectivity index (χ4v) is 3.53. The number of aromatic nitrogens is 2. The Balaban J connectivity index is 1.79. The number of halogens is 1. The summed E-state index contributed by atoms with van der Waals surface area (Å²) in [4.78, 5) is 27.4. The second-order valence-corrected chi connectivity index (χ2v) is 6.72. The van der Waals surface area contributed by atoms with Crippen LogP contribution >= 0.6 is 11.6 Å². The molecular weight excluding hydrogens is 358 g/mol. The number of carbonyl (C=O) groups is 1. The molecule has 1 amide bonds. The zero-order valence-corrected chi connectivity index (χ0v) is 15.4. The van der Waals surface area contributed by atoms with Crippen LogP contribution in [0.4, 0.5) is 11.5 Å². The van der Waals surface area contributed by atoms with Gasteiger partial charge in [0.05, 0.1) is 4.92 Å². The smallest absolute Gasteiger partial charge is 0.333 e. The average Bonchev–Trinajstić information content (AvgIpc) is 2.75. The minimum atomic E-state index is -0.391. The van der Waals surface area contributed by atoms with Crippen LogP contribution in [0, 0.1) is 17.0 Å². The third-order valence-electron chi connectivity index (χ3n) is 4.50. The molecule has 2 heterocycles. The van der Waals surface area contributed by atoms with Gasteiger partial charge in [0, 0.05) is 43.8 Å². The van der Waals surface area contributed by atoms with Crippen LogP contribution in [0.1, 0.15) is 22.5 Å². The minimum Gasteiger partial charge on any atom is -0.349 e. The number of nitrogens with zero attached hydrogens (tertiary/aromatic N) is 5. The van der Waals surface area contributed by atoms with Crippen molar-refractivity contribution in [3.63, 3.8) is 0 Å². The summed E-state index contributed by atoms with van der Waals surface area (Å²) in [5.41, 5.74) is 0.971. The van der Waals surface area contributed by atoms with Crippen LogP contribution in [0.25, 0.3) is 0 Å². The number of anilines is 1. The number of amides is 1. The first-order chi connectivity index (χ1) is 12.4. The number of rotatable bonds is 3. The van der Waals surface area contributed by atoms with Crippen molar-refractivity contribution in [3.05, 3.63) is 50.7 Å². The van der Waals surface area contributed by atoms with Crippen molar-refractivity contribution in [2.45, 2.75) is 13.3 Å². The SMILES string of the molecule is Cc1nn(C)c(N2CCCN(C(=O)c3cccc(Cl)c3)CC2)c1[N+](=O)[O-]. The van der Waals surface area contributed by atoms with E-state index in [2.05, 4.69) is 5.10 Å². The van der Waals surface area contributed by atoms with Crippen LogP contribution in [0.3, 0.4) is 0 Å². The second kappa shape index (κ2) is 7.33. The molecule has 1 saturated heterocycles. The minimum absolute atomic E-state index is 0.0297. The first-order valence-corrected chi connectivity index (χ1v) is 8.74. The molecule has 26 heavy (non-hydrogen) atoms. The molecule has 9 heteroatoms. The topological polar surface area (TPSA) is 84.5 Å². The van der Waals surface area contributed by atoms with E-state index in [1.165, 1.54) is 0 Å². The molecule has 0 spiro atoms. The van der Waals surface area contributed by atoms with Crippen LogP contribution in [-0.4, -0.2) is 51.7 Å². The summed E-state index contributed by atoms with van der Waals surface area (Å²) in [7, 11) is 1.70. The van der Waals surface area contributed by atoms with Crippen molar-refractivity contribution < 1.29 is 9.72 Å². The van der Waals surface area contributed by atoms with Gasteiger partial charge >= 0.3 is 5.69 Å². The maximum atomic E-state index is 12.7. The van der Waals surface area contributed by atoms with Gasteiger partial charge in [0.1, 0.15) is 5.69 Å². The zero-order chi connectivity index (χ0) is 18.8. The largest absolute Gasteiger partial charge is 0.349 e. The van der Waals surface area contributed by atoms with Crippen LogP contribution in [0.5, 0.6) is 0 Å². The van der Waals surface area contributed by atoms with E-state index in [0.717, 1.165) is 0 Å². The number of benzene rings is 1. The monoisotopic (exact) mass is 377 g/mol. The Morgan fingerprint density at radius 3 is 2.73 bits per heavy atom. The molecule has 0 atom stereocenters. The van der Waals surface area contributed by atoms with Gasteiger partial charge in [-0.05, 0) is 31.5 Å². The molecule has 138 valence electrons. The first-order valence-electron chi connectivity index (χ1n) is 8.36. The Bertz CT molecular complexity index is 851. The highest BCUT2D eigenvalue weighted by Crippen LogP contribution is 2.31. The molecule has 0 saturated carbocycles. The van der Waals surface area contributed by atoms with Crippen LogP contribution < -0.4 is 4.90 Å². The van der Waals surface area contributed by atoms with E-state index < -0.39 is 4.92 Å². The van der Waals surface area contributed by atoms with Crippen LogP contribution in [-0.2, 0) is 7.05 Å². The number of hydrogen-bond acceptors (Lipinski definition) is 5. The number of hydrogen-bond donors (Lipinski definition) is 0. The molecule has 0 aliphatic carbocycles. The lowest BCUT2D eigenvalue weighted by Gasteiger charge is -2.23. The molecular formula is C17H20ClN5O3. The fraction of sp³-hybridized carbons (Fsp3) is 0.412. The average molecular weight is 378 g/mol. The Kier molecular flexibility index (Phi) is 5.13. The third-order valence-corrected chi connectivity index (χ3v) is 4.73. The number of nitro groups is 1. The van der Waals surface area contributed by atoms with Gasteiger partial charge in [-0.25, -0.2) is 4.68 Å². The van der Waals surface area contributed by atoms with Crippen molar-refractivity contribution >= 4 is 29.0 Å². The van der Waals surface area contributed by atoms with Crippen molar-refractivity contribution in [1.29, 1.82) is 0 Å². The summed E-state index contributed by atoms with van der Waals surface area (Å²) < 4.78 is 1.54. The third kappa shape index (κ3) is 3.50. The fourth-order valence-electron chi connectivity index (χ4n) is 3.34. The quantitative estimate of drug-likeness (QED) is 0.606. The van der Waals surface area contributed by atoms with Crippen molar-refractivity contribution in [3.8, 4) is 0 Å². The molecule has 1 aliphatic heterocycles.